The number of aliphatic hydroxyl groups is 1. The van der Waals surface area contributed by atoms with Gasteiger partial charge in [0.15, 0.2) is 0 Å². The van der Waals surface area contributed by atoms with Gasteiger partial charge in [0.2, 0.25) is 0 Å². The molecule has 0 aromatic heterocycles. The Kier molecular flexibility index (Phi) is 1.07. The molecule has 1 N–H and O–H groups in total. The Morgan fingerprint density at radius 2 is 1.45 bits per heavy atom. The molecule has 11 heavy (non-hydrogen) atoms. The molecule has 0 aromatic carbocycles. The van der Waals surface area contributed by atoms with Gasteiger partial charge < -0.3 is 5.11 Å². The van der Waals surface area contributed by atoms with Crippen molar-refractivity contribution in [1.29, 1.82) is 0 Å². The van der Waals surface area contributed by atoms with Crippen LogP contribution in [-0.4, -0.2) is 11.2 Å². The number of fused-ring (bicyclic) bond motifs is 5. The molecular formula is C10H14O. The maximum absolute atomic E-state index is 9.47. The van der Waals surface area contributed by atoms with E-state index in [2.05, 4.69) is 12.2 Å². The zero-order valence-electron chi connectivity index (χ0n) is 6.61. The quantitative estimate of drug-likeness (QED) is 0.520. The smallest absolute Gasteiger partial charge is 0.0546 e. The van der Waals surface area contributed by atoms with Crippen molar-refractivity contribution in [2.45, 2.75) is 25.4 Å². The topological polar surface area (TPSA) is 20.2 Å². The molecule has 0 saturated heterocycles. The number of allylic oxidation sites excluding steroid dienone is 2. The van der Waals surface area contributed by atoms with Gasteiger partial charge in [-0.2, -0.15) is 0 Å². The number of hydrogen-bond donors (Lipinski definition) is 1. The molecule has 0 aliphatic heterocycles. The molecule has 60 valence electrons. The van der Waals surface area contributed by atoms with E-state index in [9.17, 15) is 5.11 Å². The monoisotopic (exact) mass is 150 g/mol. The first-order valence-electron chi connectivity index (χ1n) is 4.71. The maximum atomic E-state index is 9.47. The molecule has 3 aliphatic carbocycles. The van der Waals surface area contributed by atoms with Gasteiger partial charge in [-0.15, -0.1) is 0 Å². The van der Waals surface area contributed by atoms with Gasteiger partial charge in [-0.05, 0) is 42.9 Å². The average Bonchev–Trinajstić information content (AvgIpc) is 2.53. The Balaban J connectivity index is 1.92. The van der Waals surface area contributed by atoms with E-state index in [0.29, 0.717) is 0 Å². The first-order valence-corrected chi connectivity index (χ1v) is 4.71. The summed E-state index contributed by atoms with van der Waals surface area (Å²) in [6.07, 6.45) is 8.33. The molecule has 0 spiro atoms. The highest BCUT2D eigenvalue weighted by atomic mass is 16.3. The van der Waals surface area contributed by atoms with Gasteiger partial charge in [0.1, 0.15) is 0 Å². The average molecular weight is 150 g/mol. The summed E-state index contributed by atoms with van der Waals surface area (Å²) in [5.41, 5.74) is 0. The van der Waals surface area contributed by atoms with Crippen LogP contribution in [0.3, 0.4) is 0 Å². The standard InChI is InChI=1S/C10H14O/c11-8-4-9-6-1-2-7(3-6)10(9)5-8/h1-2,6-11H,3-5H2. The summed E-state index contributed by atoms with van der Waals surface area (Å²) in [4.78, 5) is 0. The zero-order valence-corrected chi connectivity index (χ0v) is 6.61. The van der Waals surface area contributed by atoms with Crippen molar-refractivity contribution in [2.24, 2.45) is 23.7 Å². The molecule has 2 saturated carbocycles. The van der Waals surface area contributed by atoms with Gasteiger partial charge >= 0.3 is 0 Å². The molecule has 0 amide bonds. The predicted octanol–water partition coefficient (Wildman–Crippen LogP) is 1.58. The van der Waals surface area contributed by atoms with Crippen LogP contribution in [0.5, 0.6) is 0 Å². The minimum atomic E-state index is 0.0233. The lowest BCUT2D eigenvalue weighted by atomic mass is 9.86. The Hall–Kier alpha value is -0.300. The van der Waals surface area contributed by atoms with Crippen LogP contribution in [0.2, 0.25) is 0 Å². The summed E-state index contributed by atoms with van der Waals surface area (Å²) in [6, 6.07) is 0. The number of hydrogen-bond acceptors (Lipinski definition) is 1. The largest absolute Gasteiger partial charge is 0.393 e. The summed E-state index contributed by atoms with van der Waals surface area (Å²) < 4.78 is 0. The molecular weight excluding hydrogens is 136 g/mol. The summed E-state index contributed by atoms with van der Waals surface area (Å²) in [6.45, 7) is 0. The Morgan fingerprint density at radius 1 is 0.909 bits per heavy atom. The van der Waals surface area contributed by atoms with Gasteiger partial charge in [-0.1, -0.05) is 12.2 Å². The highest BCUT2D eigenvalue weighted by molar-refractivity contribution is 5.15. The zero-order chi connectivity index (χ0) is 7.42. The van der Waals surface area contributed by atoms with E-state index in [0.717, 1.165) is 36.5 Å². The lowest BCUT2D eigenvalue weighted by Crippen LogP contribution is -2.12. The Bertz CT molecular complexity index is 189. The third-order valence-electron chi connectivity index (χ3n) is 3.89. The van der Waals surface area contributed by atoms with Crippen LogP contribution in [0.15, 0.2) is 12.2 Å². The minimum absolute atomic E-state index is 0.0233. The van der Waals surface area contributed by atoms with Crippen molar-refractivity contribution >= 4 is 0 Å². The summed E-state index contributed by atoms with van der Waals surface area (Å²) in [5, 5.41) is 9.47. The number of rotatable bonds is 0. The molecule has 1 nitrogen and oxygen atoms in total. The van der Waals surface area contributed by atoms with E-state index < -0.39 is 0 Å². The van der Waals surface area contributed by atoms with Gasteiger partial charge in [-0.25, -0.2) is 0 Å². The molecule has 4 unspecified atom stereocenters. The molecule has 3 aliphatic rings. The Labute approximate surface area is 67.1 Å². The Morgan fingerprint density at radius 3 is 2.00 bits per heavy atom. The van der Waals surface area contributed by atoms with E-state index >= 15 is 0 Å². The minimum Gasteiger partial charge on any atom is -0.393 e. The third-order valence-corrected chi connectivity index (χ3v) is 3.89. The van der Waals surface area contributed by atoms with Crippen LogP contribution >= 0.6 is 0 Å². The van der Waals surface area contributed by atoms with Crippen LogP contribution in [0.25, 0.3) is 0 Å². The van der Waals surface area contributed by atoms with Gasteiger partial charge in [-0.3, -0.25) is 0 Å². The fourth-order valence-electron chi connectivity index (χ4n) is 3.45. The van der Waals surface area contributed by atoms with Gasteiger partial charge in [0.05, 0.1) is 6.10 Å². The van der Waals surface area contributed by atoms with E-state index in [-0.39, 0.29) is 6.10 Å². The second-order valence-electron chi connectivity index (χ2n) is 4.40. The van der Waals surface area contributed by atoms with Crippen LogP contribution in [0.4, 0.5) is 0 Å². The maximum Gasteiger partial charge on any atom is 0.0546 e. The van der Waals surface area contributed by atoms with E-state index in [1.807, 2.05) is 0 Å². The predicted molar refractivity (Wildman–Crippen MR) is 43.0 cm³/mol. The molecule has 1 heteroatoms. The number of aliphatic hydroxyl groups excluding tert-OH is 1. The first kappa shape index (κ1) is 6.24. The van der Waals surface area contributed by atoms with Gasteiger partial charge in [0, 0.05) is 0 Å². The van der Waals surface area contributed by atoms with Crippen LogP contribution in [-0.2, 0) is 0 Å². The third kappa shape index (κ3) is 0.698. The van der Waals surface area contributed by atoms with Gasteiger partial charge in [0.25, 0.3) is 0 Å². The van der Waals surface area contributed by atoms with Crippen LogP contribution in [0, 0.1) is 23.7 Å². The van der Waals surface area contributed by atoms with E-state index in [4.69, 9.17) is 0 Å². The normalized spacial score (nSPS) is 58.8. The summed E-state index contributed by atoms with van der Waals surface area (Å²) in [7, 11) is 0. The van der Waals surface area contributed by atoms with Crippen LogP contribution < -0.4 is 0 Å². The molecule has 0 heterocycles. The highest BCUT2D eigenvalue weighted by Gasteiger charge is 2.49. The van der Waals surface area contributed by atoms with E-state index in [1.165, 1.54) is 6.42 Å². The SMILES string of the molecule is OC1CC2C3C=CC(C3)C2C1. The van der Waals surface area contributed by atoms with Crippen molar-refractivity contribution < 1.29 is 5.11 Å². The molecule has 4 atom stereocenters. The second kappa shape index (κ2) is 1.89. The second-order valence-corrected chi connectivity index (χ2v) is 4.40. The first-order chi connectivity index (χ1) is 5.34. The fourth-order valence-corrected chi connectivity index (χ4v) is 3.45. The fraction of sp³-hybridized carbons (Fsp3) is 0.800. The molecule has 2 bridgehead atoms. The highest BCUT2D eigenvalue weighted by Crippen LogP contribution is 2.55. The summed E-state index contributed by atoms with van der Waals surface area (Å²) in [5.74, 6) is 3.37. The van der Waals surface area contributed by atoms with E-state index in [1.54, 1.807) is 0 Å². The molecule has 3 rings (SSSR count). The van der Waals surface area contributed by atoms with Crippen molar-refractivity contribution in [3.63, 3.8) is 0 Å². The lowest BCUT2D eigenvalue weighted by Gasteiger charge is -2.18. The molecule has 0 aromatic rings. The van der Waals surface area contributed by atoms with Crippen molar-refractivity contribution in [3.05, 3.63) is 12.2 Å². The molecule has 2 fully saturated rings. The lowest BCUT2D eigenvalue weighted by molar-refractivity contribution is 0.168. The van der Waals surface area contributed by atoms with Crippen LogP contribution in [0.1, 0.15) is 19.3 Å². The van der Waals surface area contributed by atoms with Crippen molar-refractivity contribution in [2.75, 3.05) is 0 Å². The summed E-state index contributed by atoms with van der Waals surface area (Å²) >= 11 is 0. The molecule has 0 radical (unpaired) electrons. The van der Waals surface area contributed by atoms with Crippen molar-refractivity contribution in [3.8, 4) is 0 Å². The van der Waals surface area contributed by atoms with Crippen molar-refractivity contribution in [1.82, 2.24) is 0 Å².